The summed E-state index contributed by atoms with van der Waals surface area (Å²) >= 11 is 9.33. The molecule has 4 nitrogen and oxygen atoms in total. The fraction of sp³-hybridized carbons (Fsp3) is 0.158. The molecule has 2 aromatic heterocycles. The predicted molar refractivity (Wildman–Crippen MR) is 108 cm³/mol. The number of nitrogens with one attached hydrogen (secondary N) is 1. The molecule has 0 aliphatic heterocycles. The van der Waals surface area contributed by atoms with Crippen LogP contribution in [0.25, 0.3) is 0 Å². The van der Waals surface area contributed by atoms with Gasteiger partial charge in [0.2, 0.25) is 5.91 Å². The van der Waals surface area contributed by atoms with Gasteiger partial charge < -0.3 is 5.32 Å². The number of nitrogens with zero attached hydrogens (tertiary/aromatic N) is 2. The largest absolute Gasteiger partial charge is 0.324 e. The number of carbonyl (C=O) groups is 1. The number of hydrogen-bond donors (Lipinski definition) is 1. The molecule has 0 unspecified atom stereocenters. The Morgan fingerprint density at radius 2 is 1.77 bits per heavy atom. The number of carbonyl (C=O) groups excluding carboxylic acids is 1. The lowest BCUT2D eigenvalue weighted by Gasteiger charge is -2.20. The van der Waals surface area contributed by atoms with Gasteiger partial charge in [0.15, 0.2) is 0 Å². The molecule has 2 heterocycles. The molecule has 1 aromatic carbocycles. The van der Waals surface area contributed by atoms with Crippen LogP contribution in [0.5, 0.6) is 0 Å². The van der Waals surface area contributed by atoms with Crippen LogP contribution in [0.2, 0.25) is 5.02 Å². The normalized spacial score (nSPS) is 10.7. The number of benzene rings is 1. The van der Waals surface area contributed by atoms with Crippen LogP contribution < -0.4 is 5.32 Å². The highest BCUT2D eigenvalue weighted by atomic mass is 35.5. The van der Waals surface area contributed by atoms with E-state index in [1.165, 1.54) is 9.75 Å². The van der Waals surface area contributed by atoms with Crippen molar-refractivity contribution in [2.75, 3.05) is 11.9 Å². The van der Waals surface area contributed by atoms with E-state index in [2.05, 4.69) is 28.4 Å². The standard InChI is InChI=1S/C19H16ClN3OS2/c20-15-6-5-14(10-21)18(9-15)22-19(24)13-23(11-16-3-1-7-25-16)12-17-4-2-8-26-17/h1-9H,11-13H2,(H,22,24). The van der Waals surface area contributed by atoms with E-state index >= 15 is 0 Å². The van der Waals surface area contributed by atoms with E-state index < -0.39 is 0 Å². The summed E-state index contributed by atoms with van der Waals surface area (Å²) in [6.45, 7) is 1.63. The minimum atomic E-state index is -0.170. The van der Waals surface area contributed by atoms with Gasteiger partial charge in [0.05, 0.1) is 17.8 Å². The van der Waals surface area contributed by atoms with Crippen molar-refractivity contribution in [3.63, 3.8) is 0 Å². The molecule has 1 amide bonds. The monoisotopic (exact) mass is 401 g/mol. The molecule has 0 spiro atoms. The Balaban J connectivity index is 1.70. The molecule has 1 N–H and O–H groups in total. The second-order valence-corrected chi connectivity index (χ2v) is 8.15. The van der Waals surface area contributed by atoms with Gasteiger partial charge in [-0.05, 0) is 41.1 Å². The van der Waals surface area contributed by atoms with Gasteiger partial charge in [-0.2, -0.15) is 5.26 Å². The highest BCUT2D eigenvalue weighted by Gasteiger charge is 2.15. The molecule has 0 bridgehead atoms. The van der Waals surface area contributed by atoms with Gasteiger partial charge >= 0.3 is 0 Å². The lowest BCUT2D eigenvalue weighted by Crippen LogP contribution is -2.32. The van der Waals surface area contributed by atoms with Crippen LogP contribution in [0.4, 0.5) is 5.69 Å². The average Bonchev–Trinajstić information content (AvgIpc) is 3.29. The molecule has 7 heteroatoms. The minimum Gasteiger partial charge on any atom is -0.324 e. The zero-order chi connectivity index (χ0) is 18.4. The third-order valence-electron chi connectivity index (χ3n) is 3.66. The maximum atomic E-state index is 12.6. The first-order valence-corrected chi connectivity index (χ1v) is 10.0. The van der Waals surface area contributed by atoms with Gasteiger partial charge in [-0.1, -0.05) is 23.7 Å². The van der Waals surface area contributed by atoms with Crippen molar-refractivity contribution in [2.45, 2.75) is 13.1 Å². The van der Waals surface area contributed by atoms with E-state index in [0.717, 1.165) is 0 Å². The van der Waals surface area contributed by atoms with Gasteiger partial charge in [0.1, 0.15) is 6.07 Å². The number of nitriles is 1. The van der Waals surface area contributed by atoms with E-state index in [1.807, 2.05) is 22.9 Å². The van der Waals surface area contributed by atoms with Crippen LogP contribution in [0, 0.1) is 11.3 Å². The Labute approximate surface area is 165 Å². The smallest absolute Gasteiger partial charge is 0.238 e. The van der Waals surface area contributed by atoms with Crippen LogP contribution in [0.3, 0.4) is 0 Å². The summed E-state index contributed by atoms with van der Waals surface area (Å²) in [5.41, 5.74) is 0.836. The Morgan fingerprint density at radius 3 is 2.31 bits per heavy atom. The van der Waals surface area contributed by atoms with Gasteiger partial charge in [0, 0.05) is 27.9 Å². The molecular formula is C19H16ClN3OS2. The van der Waals surface area contributed by atoms with Gasteiger partial charge in [0.25, 0.3) is 0 Å². The molecule has 26 heavy (non-hydrogen) atoms. The number of amides is 1. The average molecular weight is 402 g/mol. The van der Waals surface area contributed by atoms with Crippen molar-refractivity contribution in [3.8, 4) is 6.07 Å². The maximum absolute atomic E-state index is 12.6. The van der Waals surface area contributed by atoms with E-state index in [4.69, 9.17) is 11.6 Å². The summed E-state index contributed by atoms with van der Waals surface area (Å²) in [5, 5.41) is 16.5. The van der Waals surface area contributed by atoms with Crippen molar-refractivity contribution in [3.05, 3.63) is 73.6 Å². The van der Waals surface area contributed by atoms with Crippen molar-refractivity contribution in [1.82, 2.24) is 4.90 Å². The second kappa shape index (κ2) is 8.97. The van der Waals surface area contributed by atoms with E-state index in [1.54, 1.807) is 40.9 Å². The van der Waals surface area contributed by atoms with Crippen molar-refractivity contribution < 1.29 is 4.79 Å². The molecule has 0 atom stereocenters. The summed E-state index contributed by atoms with van der Waals surface area (Å²) in [7, 11) is 0. The molecular weight excluding hydrogens is 386 g/mol. The lowest BCUT2D eigenvalue weighted by atomic mass is 10.2. The van der Waals surface area contributed by atoms with E-state index in [-0.39, 0.29) is 12.5 Å². The quantitative estimate of drug-likeness (QED) is 0.607. The number of halogens is 1. The first-order chi connectivity index (χ1) is 12.6. The molecule has 0 aliphatic carbocycles. The van der Waals surface area contributed by atoms with Crippen LogP contribution in [-0.4, -0.2) is 17.4 Å². The van der Waals surface area contributed by atoms with Crippen molar-refractivity contribution >= 4 is 45.9 Å². The van der Waals surface area contributed by atoms with Crippen LogP contribution in [0.15, 0.2) is 53.2 Å². The Bertz CT molecular complexity index is 865. The summed E-state index contributed by atoms with van der Waals surface area (Å²) in [6.07, 6.45) is 0. The number of thiophene rings is 2. The highest BCUT2D eigenvalue weighted by Crippen LogP contribution is 2.21. The van der Waals surface area contributed by atoms with Crippen LogP contribution in [0.1, 0.15) is 15.3 Å². The second-order valence-electron chi connectivity index (χ2n) is 5.65. The van der Waals surface area contributed by atoms with Crippen molar-refractivity contribution in [2.24, 2.45) is 0 Å². The first kappa shape index (κ1) is 18.6. The minimum absolute atomic E-state index is 0.170. The molecule has 0 fully saturated rings. The predicted octanol–water partition coefficient (Wildman–Crippen LogP) is 4.98. The number of hydrogen-bond acceptors (Lipinski definition) is 5. The maximum Gasteiger partial charge on any atom is 0.238 e. The Morgan fingerprint density at radius 1 is 1.12 bits per heavy atom. The third-order valence-corrected chi connectivity index (χ3v) is 5.62. The summed E-state index contributed by atoms with van der Waals surface area (Å²) in [5.74, 6) is -0.170. The SMILES string of the molecule is N#Cc1ccc(Cl)cc1NC(=O)CN(Cc1cccs1)Cc1cccs1. The molecule has 3 aromatic rings. The molecule has 0 saturated carbocycles. The molecule has 132 valence electrons. The van der Waals surface area contributed by atoms with Gasteiger partial charge in [-0.3, -0.25) is 9.69 Å². The van der Waals surface area contributed by atoms with Crippen LogP contribution >= 0.6 is 34.3 Å². The highest BCUT2D eigenvalue weighted by molar-refractivity contribution is 7.10. The van der Waals surface area contributed by atoms with Gasteiger partial charge in [-0.15, -0.1) is 22.7 Å². The molecule has 0 saturated heterocycles. The molecule has 3 rings (SSSR count). The van der Waals surface area contributed by atoms with Crippen LogP contribution in [-0.2, 0) is 17.9 Å². The van der Waals surface area contributed by atoms with Crippen molar-refractivity contribution in [1.29, 1.82) is 5.26 Å². The zero-order valence-electron chi connectivity index (χ0n) is 13.8. The first-order valence-electron chi connectivity index (χ1n) is 7.90. The van der Waals surface area contributed by atoms with E-state index in [0.29, 0.717) is 29.4 Å². The molecule has 0 aliphatic rings. The summed E-state index contributed by atoms with van der Waals surface area (Å²) in [6, 6.07) is 15.1. The summed E-state index contributed by atoms with van der Waals surface area (Å²) < 4.78 is 0. The lowest BCUT2D eigenvalue weighted by molar-refractivity contribution is -0.117. The van der Waals surface area contributed by atoms with Gasteiger partial charge in [-0.25, -0.2) is 0 Å². The topological polar surface area (TPSA) is 56.1 Å². The number of rotatable bonds is 7. The number of anilines is 1. The molecule has 0 radical (unpaired) electrons. The third kappa shape index (κ3) is 5.16. The Hall–Kier alpha value is -2.17. The van der Waals surface area contributed by atoms with E-state index in [9.17, 15) is 10.1 Å². The summed E-state index contributed by atoms with van der Waals surface area (Å²) in [4.78, 5) is 17.1. The zero-order valence-corrected chi connectivity index (χ0v) is 16.2. The fourth-order valence-electron chi connectivity index (χ4n) is 2.52. The Kier molecular flexibility index (Phi) is 6.42. The fourth-order valence-corrected chi connectivity index (χ4v) is 4.19.